The molecule has 0 atom stereocenters. The zero-order valence-electron chi connectivity index (χ0n) is 7.30. The lowest BCUT2D eigenvalue weighted by molar-refractivity contribution is 1.56. The summed E-state index contributed by atoms with van der Waals surface area (Å²) in [6.07, 6.45) is 0. The van der Waals surface area contributed by atoms with E-state index in [0.717, 1.165) is 8.95 Å². The normalized spacial score (nSPS) is 10.1. The second kappa shape index (κ2) is 4.28. The fourth-order valence-electron chi connectivity index (χ4n) is 1.29. The van der Waals surface area contributed by atoms with Gasteiger partial charge in [0, 0.05) is 8.95 Å². The van der Waals surface area contributed by atoms with E-state index in [1.807, 2.05) is 24.3 Å². The van der Waals surface area contributed by atoms with Crippen molar-refractivity contribution < 1.29 is 0 Å². The van der Waals surface area contributed by atoms with Crippen LogP contribution < -0.4 is 0 Å². The molecule has 0 amide bonds. The molecule has 69 valence electrons. The van der Waals surface area contributed by atoms with Gasteiger partial charge < -0.3 is 0 Å². The molecule has 0 nitrogen and oxygen atoms in total. The van der Waals surface area contributed by atoms with Gasteiger partial charge in [0.05, 0.1) is 0 Å². The van der Waals surface area contributed by atoms with Crippen molar-refractivity contribution >= 4 is 31.9 Å². The molecular weight excluding hydrogens is 304 g/mol. The predicted octanol–water partition coefficient (Wildman–Crippen LogP) is 4.68. The standard InChI is InChI=1S/C12H7Br2/c13-11-6-10(7-12(14)8-11)9-4-2-1-3-5-9/h1-2,4-8H. The first kappa shape index (κ1) is 9.94. The van der Waals surface area contributed by atoms with E-state index in [1.165, 1.54) is 11.1 Å². The minimum Gasteiger partial charge on any atom is -0.0610 e. The average molecular weight is 311 g/mol. The molecule has 14 heavy (non-hydrogen) atoms. The van der Waals surface area contributed by atoms with Crippen LogP contribution in [-0.2, 0) is 0 Å². The van der Waals surface area contributed by atoms with Crippen molar-refractivity contribution in [1.82, 2.24) is 0 Å². The maximum atomic E-state index is 3.47. The van der Waals surface area contributed by atoms with E-state index in [1.54, 1.807) is 0 Å². The van der Waals surface area contributed by atoms with Gasteiger partial charge in [-0.15, -0.1) is 0 Å². The number of hydrogen-bond acceptors (Lipinski definition) is 0. The van der Waals surface area contributed by atoms with Crippen LogP contribution >= 0.6 is 31.9 Å². The summed E-state index contributed by atoms with van der Waals surface area (Å²) in [7, 11) is 0. The quantitative estimate of drug-likeness (QED) is 0.717. The Hall–Kier alpha value is -0.600. The van der Waals surface area contributed by atoms with Crippen LogP contribution in [0.25, 0.3) is 11.1 Å². The van der Waals surface area contributed by atoms with Crippen LogP contribution in [0, 0.1) is 6.07 Å². The van der Waals surface area contributed by atoms with E-state index in [4.69, 9.17) is 0 Å². The highest BCUT2D eigenvalue weighted by atomic mass is 79.9. The van der Waals surface area contributed by atoms with Crippen molar-refractivity contribution in [3.8, 4) is 11.1 Å². The van der Waals surface area contributed by atoms with E-state index >= 15 is 0 Å². The Morgan fingerprint density at radius 1 is 0.929 bits per heavy atom. The van der Waals surface area contributed by atoms with Crippen molar-refractivity contribution in [2.45, 2.75) is 0 Å². The summed E-state index contributed by atoms with van der Waals surface area (Å²) in [6.45, 7) is 0. The highest BCUT2D eigenvalue weighted by Crippen LogP contribution is 2.27. The molecule has 0 unspecified atom stereocenters. The Bertz CT molecular complexity index is 415. The molecule has 2 aromatic carbocycles. The summed E-state index contributed by atoms with van der Waals surface area (Å²) >= 11 is 6.94. The van der Waals surface area contributed by atoms with Gasteiger partial charge in [-0.1, -0.05) is 50.1 Å². The molecule has 0 N–H and O–H groups in total. The number of halogens is 2. The molecule has 1 radical (unpaired) electrons. The van der Waals surface area contributed by atoms with Crippen LogP contribution in [0.5, 0.6) is 0 Å². The third-order valence-electron chi connectivity index (χ3n) is 1.90. The maximum Gasteiger partial charge on any atom is 0.0192 e. The molecule has 0 bridgehead atoms. The van der Waals surface area contributed by atoms with E-state index in [9.17, 15) is 0 Å². The molecule has 0 saturated heterocycles. The summed E-state index contributed by atoms with van der Waals surface area (Å²) in [5.74, 6) is 0. The summed E-state index contributed by atoms with van der Waals surface area (Å²) in [5, 5.41) is 0. The van der Waals surface area contributed by atoms with Gasteiger partial charge in [0.2, 0.25) is 0 Å². The first-order valence-electron chi connectivity index (χ1n) is 4.18. The minimum absolute atomic E-state index is 1.07. The smallest absolute Gasteiger partial charge is 0.0192 e. The van der Waals surface area contributed by atoms with Gasteiger partial charge >= 0.3 is 0 Å². The molecule has 0 saturated carbocycles. The van der Waals surface area contributed by atoms with Gasteiger partial charge in [0.1, 0.15) is 0 Å². The van der Waals surface area contributed by atoms with E-state index in [2.05, 4.69) is 56.1 Å². The zero-order valence-corrected chi connectivity index (χ0v) is 10.5. The van der Waals surface area contributed by atoms with Crippen LogP contribution in [0.3, 0.4) is 0 Å². The lowest BCUT2D eigenvalue weighted by atomic mass is 10.1. The van der Waals surface area contributed by atoms with Gasteiger partial charge in [-0.3, -0.25) is 0 Å². The monoisotopic (exact) mass is 309 g/mol. The molecule has 0 aliphatic carbocycles. The maximum absolute atomic E-state index is 3.47. The van der Waals surface area contributed by atoms with Crippen LogP contribution in [0.4, 0.5) is 0 Å². The van der Waals surface area contributed by atoms with Gasteiger partial charge in [-0.2, -0.15) is 0 Å². The number of rotatable bonds is 1. The van der Waals surface area contributed by atoms with E-state index in [0.29, 0.717) is 0 Å². The largest absolute Gasteiger partial charge is 0.0610 e. The molecule has 0 aliphatic rings. The van der Waals surface area contributed by atoms with Crippen LogP contribution in [-0.4, -0.2) is 0 Å². The van der Waals surface area contributed by atoms with Crippen molar-refractivity contribution in [3.63, 3.8) is 0 Å². The molecule has 0 aromatic heterocycles. The molecule has 2 aromatic rings. The third kappa shape index (κ3) is 2.25. The SMILES string of the molecule is Brc1cc(Br)cc(-c2c[c]ccc2)c1. The molecule has 0 fully saturated rings. The van der Waals surface area contributed by atoms with Crippen LogP contribution in [0.2, 0.25) is 0 Å². The summed E-state index contributed by atoms with van der Waals surface area (Å²) < 4.78 is 2.15. The van der Waals surface area contributed by atoms with Gasteiger partial charge in [0.15, 0.2) is 0 Å². The lowest BCUT2D eigenvalue weighted by Gasteiger charge is -2.02. The topological polar surface area (TPSA) is 0 Å². The van der Waals surface area contributed by atoms with Gasteiger partial charge in [-0.25, -0.2) is 0 Å². The van der Waals surface area contributed by atoms with Crippen molar-refractivity contribution in [1.29, 1.82) is 0 Å². The second-order valence-corrected chi connectivity index (χ2v) is 4.78. The van der Waals surface area contributed by atoms with Crippen LogP contribution in [0.1, 0.15) is 0 Å². The van der Waals surface area contributed by atoms with Gasteiger partial charge in [0.25, 0.3) is 0 Å². The van der Waals surface area contributed by atoms with Crippen molar-refractivity contribution in [3.05, 3.63) is 57.5 Å². The second-order valence-electron chi connectivity index (χ2n) is 2.95. The van der Waals surface area contributed by atoms with Crippen molar-refractivity contribution in [2.24, 2.45) is 0 Å². The Kier molecular flexibility index (Phi) is 3.04. The molecular formula is C12H7Br2. The first-order valence-corrected chi connectivity index (χ1v) is 5.77. The highest BCUT2D eigenvalue weighted by molar-refractivity contribution is 9.11. The fourth-order valence-corrected chi connectivity index (χ4v) is 2.59. The van der Waals surface area contributed by atoms with Crippen molar-refractivity contribution in [2.75, 3.05) is 0 Å². The van der Waals surface area contributed by atoms with Gasteiger partial charge in [-0.05, 0) is 41.5 Å². The molecule has 0 spiro atoms. The lowest BCUT2D eigenvalue weighted by Crippen LogP contribution is -1.77. The summed E-state index contributed by atoms with van der Waals surface area (Å²) in [6, 6.07) is 17.2. The number of hydrogen-bond donors (Lipinski definition) is 0. The summed E-state index contributed by atoms with van der Waals surface area (Å²) in [5.41, 5.74) is 2.36. The Labute approximate surface area is 100 Å². The number of benzene rings is 2. The zero-order chi connectivity index (χ0) is 9.97. The predicted molar refractivity (Wildman–Crippen MR) is 66.1 cm³/mol. The minimum atomic E-state index is 1.07. The molecule has 0 aliphatic heterocycles. The Morgan fingerprint density at radius 2 is 1.64 bits per heavy atom. The Morgan fingerprint density at radius 3 is 2.21 bits per heavy atom. The first-order chi connectivity index (χ1) is 6.75. The molecule has 2 rings (SSSR count). The highest BCUT2D eigenvalue weighted by Gasteiger charge is 1.99. The summed E-state index contributed by atoms with van der Waals surface area (Å²) in [4.78, 5) is 0. The third-order valence-corrected chi connectivity index (χ3v) is 2.82. The van der Waals surface area contributed by atoms with E-state index in [-0.39, 0.29) is 0 Å². The molecule has 0 heterocycles. The average Bonchev–Trinajstić information content (AvgIpc) is 2.18. The Balaban J connectivity index is 2.52. The van der Waals surface area contributed by atoms with E-state index < -0.39 is 0 Å². The molecule has 2 heteroatoms. The van der Waals surface area contributed by atoms with Crippen LogP contribution in [0.15, 0.2) is 51.4 Å². The fraction of sp³-hybridized carbons (Fsp3) is 0.